The zero-order valence-electron chi connectivity index (χ0n) is 10.9. The molecule has 1 aliphatic carbocycles. The van der Waals surface area contributed by atoms with Crippen molar-refractivity contribution in [2.24, 2.45) is 0 Å². The summed E-state index contributed by atoms with van der Waals surface area (Å²) in [6, 6.07) is 0.0241. The minimum absolute atomic E-state index is 0.0748. The van der Waals surface area contributed by atoms with Crippen molar-refractivity contribution in [1.29, 1.82) is 0 Å². The molecule has 4 nitrogen and oxygen atoms in total. The first-order chi connectivity index (χ1) is 8.09. The molecular weight excluding hydrogens is 214 g/mol. The molecule has 17 heavy (non-hydrogen) atoms. The van der Waals surface area contributed by atoms with Gasteiger partial charge in [-0.3, -0.25) is 4.79 Å². The van der Waals surface area contributed by atoms with Crippen LogP contribution in [0.1, 0.15) is 51.0 Å². The molecule has 1 aromatic rings. The second-order valence-corrected chi connectivity index (χ2v) is 5.09. The van der Waals surface area contributed by atoms with Gasteiger partial charge in [-0.25, -0.2) is 4.98 Å². The lowest BCUT2D eigenvalue weighted by atomic mass is 10.0. The van der Waals surface area contributed by atoms with Crippen molar-refractivity contribution in [2.45, 2.75) is 58.5 Å². The van der Waals surface area contributed by atoms with Crippen molar-refractivity contribution in [3.63, 3.8) is 0 Å². The number of hydrogen-bond donors (Lipinski definition) is 1. The van der Waals surface area contributed by atoms with Crippen LogP contribution in [0.3, 0.4) is 0 Å². The number of fused-ring (bicyclic) bond motifs is 1. The Labute approximate surface area is 102 Å². The van der Waals surface area contributed by atoms with Crippen LogP contribution in [0.2, 0.25) is 0 Å². The summed E-state index contributed by atoms with van der Waals surface area (Å²) in [7, 11) is 0. The van der Waals surface area contributed by atoms with Gasteiger partial charge in [0.25, 0.3) is 0 Å². The number of imidazole rings is 1. The number of carbonyl (C=O) groups is 1. The number of hydrogen-bond acceptors (Lipinski definition) is 2. The van der Waals surface area contributed by atoms with Crippen LogP contribution >= 0.6 is 0 Å². The molecule has 1 amide bonds. The maximum Gasteiger partial charge on any atom is 0.243 e. The van der Waals surface area contributed by atoms with Crippen LogP contribution in [-0.2, 0) is 17.6 Å². The van der Waals surface area contributed by atoms with E-state index in [1.54, 1.807) is 0 Å². The maximum absolute atomic E-state index is 12.0. The lowest BCUT2D eigenvalue weighted by Crippen LogP contribution is -2.36. The van der Waals surface area contributed by atoms with Crippen molar-refractivity contribution < 1.29 is 4.79 Å². The number of aromatic nitrogens is 2. The number of aryl methyl sites for hydroxylation is 1. The van der Waals surface area contributed by atoms with Crippen LogP contribution in [0.4, 0.5) is 0 Å². The van der Waals surface area contributed by atoms with E-state index in [-0.39, 0.29) is 18.0 Å². The molecule has 1 heterocycles. The fraction of sp³-hybridized carbons (Fsp3) is 0.692. The fourth-order valence-corrected chi connectivity index (χ4v) is 2.36. The average Bonchev–Trinajstić information content (AvgIpc) is 2.70. The molecule has 1 unspecified atom stereocenters. The van der Waals surface area contributed by atoms with E-state index in [0.29, 0.717) is 0 Å². The molecule has 0 fully saturated rings. The predicted octanol–water partition coefficient (Wildman–Crippen LogP) is 1.85. The van der Waals surface area contributed by atoms with Crippen molar-refractivity contribution in [3.8, 4) is 0 Å². The largest absolute Gasteiger partial charge is 0.352 e. The van der Waals surface area contributed by atoms with Gasteiger partial charge in [-0.2, -0.15) is 0 Å². The van der Waals surface area contributed by atoms with Crippen molar-refractivity contribution >= 4 is 5.91 Å². The summed E-state index contributed by atoms with van der Waals surface area (Å²) in [5, 5.41) is 2.95. The Kier molecular flexibility index (Phi) is 3.50. The van der Waals surface area contributed by atoms with Gasteiger partial charge >= 0.3 is 0 Å². The van der Waals surface area contributed by atoms with E-state index in [1.807, 2.05) is 31.7 Å². The molecule has 4 heteroatoms. The second kappa shape index (κ2) is 4.90. The Hall–Kier alpha value is -1.32. The summed E-state index contributed by atoms with van der Waals surface area (Å²) in [5.41, 5.74) is 2.43. The third kappa shape index (κ3) is 2.51. The maximum atomic E-state index is 12.0. The van der Waals surface area contributed by atoms with E-state index >= 15 is 0 Å². The van der Waals surface area contributed by atoms with E-state index in [1.165, 1.54) is 24.2 Å². The first kappa shape index (κ1) is 12.1. The van der Waals surface area contributed by atoms with Gasteiger partial charge in [0.05, 0.1) is 12.0 Å². The molecule has 1 aromatic heterocycles. The quantitative estimate of drug-likeness (QED) is 0.869. The molecular formula is C13H21N3O. The van der Waals surface area contributed by atoms with Gasteiger partial charge < -0.3 is 9.88 Å². The Bertz CT molecular complexity index is 409. The lowest BCUT2D eigenvalue weighted by molar-refractivity contribution is -0.124. The first-order valence-electron chi connectivity index (χ1n) is 6.44. The molecule has 0 saturated heterocycles. The normalized spacial score (nSPS) is 16.7. The number of amides is 1. The predicted molar refractivity (Wildman–Crippen MR) is 66.9 cm³/mol. The minimum Gasteiger partial charge on any atom is -0.352 e. The third-order valence-electron chi connectivity index (χ3n) is 3.29. The van der Waals surface area contributed by atoms with Crippen LogP contribution in [0.25, 0.3) is 0 Å². The molecule has 94 valence electrons. The van der Waals surface area contributed by atoms with Crippen LogP contribution in [0.5, 0.6) is 0 Å². The minimum atomic E-state index is -0.160. The van der Waals surface area contributed by atoms with Gasteiger partial charge in [0.15, 0.2) is 0 Å². The topological polar surface area (TPSA) is 46.9 Å². The smallest absolute Gasteiger partial charge is 0.243 e. The molecule has 1 aliphatic rings. The molecule has 0 saturated carbocycles. The monoisotopic (exact) mass is 235 g/mol. The van der Waals surface area contributed by atoms with E-state index in [9.17, 15) is 4.79 Å². The molecule has 0 radical (unpaired) electrons. The average molecular weight is 235 g/mol. The van der Waals surface area contributed by atoms with Crippen molar-refractivity contribution in [1.82, 2.24) is 14.9 Å². The summed E-state index contributed by atoms with van der Waals surface area (Å²) in [6.45, 7) is 5.90. The van der Waals surface area contributed by atoms with Crippen LogP contribution in [0.15, 0.2) is 6.33 Å². The molecule has 1 N–H and O–H groups in total. The zero-order valence-corrected chi connectivity index (χ0v) is 10.9. The van der Waals surface area contributed by atoms with Crippen LogP contribution in [-0.4, -0.2) is 21.5 Å². The summed E-state index contributed by atoms with van der Waals surface area (Å²) in [5.74, 6) is 0.0748. The lowest BCUT2D eigenvalue weighted by Gasteiger charge is -2.20. The third-order valence-corrected chi connectivity index (χ3v) is 3.29. The van der Waals surface area contributed by atoms with Crippen molar-refractivity contribution in [2.75, 3.05) is 0 Å². The SMILES string of the molecule is CC(C)NC(=O)C(C)n1cnc2c1CCCC2. The Morgan fingerprint density at radius 1 is 1.35 bits per heavy atom. The Morgan fingerprint density at radius 3 is 2.76 bits per heavy atom. The number of nitrogens with one attached hydrogen (secondary N) is 1. The van der Waals surface area contributed by atoms with E-state index in [4.69, 9.17) is 0 Å². The van der Waals surface area contributed by atoms with Gasteiger partial charge in [0.2, 0.25) is 5.91 Å². The first-order valence-corrected chi connectivity index (χ1v) is 6.44. The summed E-state index contributed by atoms with van der Waals surface area (Å²) in [6.07, 6.45) is 6.35. The highest BCUT2D eigenvalue weighted by Gasteiger charge is 2.22. The molecule has 0 aromatic carbocycles. The van der Waals surface area contributed by atoms with Gasteiger partial charge in [-0.05, 0) is 46.5 Å². The van der Waals surface area contributed by atoms with Gasteiger partial charge in [-0.15, -0.1) is 0 Å². The van der Waals surface area contributed by atoms with Crippen LogP contribution < -0.4 is 5.32 Å². The van der Waals surface area contributed by atoms with E-state index in [2.05, 4.69) is 10.3 Å². The van der Waals surface area contributed by atoms with E-state index < -0.39 is 0 Å². The van der Waals surface area contributed by atoms with Crippen LogP contribution in [0, 0.1) is 0 Å². The zero-order chi connectivity index (χ0) is 12.4. The molecule has 0 aliphatic heterocycles. The Morgan fingerprint density at radius 2 is 2.06 bits per heavy atom. The summed E-state index contributed by atoms with van der Waals surface area (Å²) in [4.78, 5) is 16.4. The summed E-state index contributed by atoms with van der Waals surface area (Å²) >= 11 is 0. The fourth-order valence-electron chi connectivity index (χ4n) is 2.36. The number of carbonyl (C=O) groups excluding carboxylic acids is 1. The summed E-state index contributed by atoms with van der Waals surface area (Å²) < 4.78 is 2.03. The van der Waals surface area contributed by atoms with Gasteiger partial charge in [-0.1, -0.05) is 0 Å². The standard InChI is InChI=1S/C13H21N3O/c1-9(2)15-13(17)10(3)16-8-14-11-6-4-5-7-12(11)16/h8-10H,4-7H2,1-3H3,(H,15,17). The molecule has 2 rings (SSSR count). The molecule has 1 atom stereocenters. The highest BCUT2D eigenvalue weighted by Crippen LogP contribution is 2.22. The Balaban J connectivity index is 2.16. The second-order valence-electron chi connectivity index (χ2n) is 5.09. The number of rotatable bonds is 3. The highest BCUT2D eigenvalue weighted by atomic mass is 16.2. The van der Waals surface area contributed by atoms with Gasteiger partial charge in [0, 0.05) is 11.7 Å². The van der Waals surface area contributed by atoms with Crippen molar-refractivity contribution in [3.05, 3.63) is 17.7 Å². The van der Waals surface area contributed by atoms with Gasteiger partial charge in [0.1, 0.15) is 6.04 Å². The highest BCUT2D eigenvalue weighted by molar-refractivity contribution is 5.80. The number of nitrogens with zero attached hydrogens (tertiary/aromatic N) is 2. The molecule has 0 spiro atoms. The molecule has 0 bridgehead atoms. The van der Waals surface area contributed by atoms with E-state index in [0.717, 1.165) is 12.8 Å².